The average molecular weight is 214 g/mol. The van der Waals surface area contributed by atoms with Gasteiger partial charge in [0, 0.05) is 5.57 Å². The highest BCUT2D eigenvalue weighted by atomic mass is 19.4. The lowest BCUT2D eigenvalue weighted by atomic mass is 10.2. The fraction of sp³-hybridized carbons (Fsp3) is 0.778. The molecular weight excluding hydrogens is 203 g/mol. The molecule has 0 N–H and O–H groups in total. The van der Waals surface area contributed by atoms with Gasteiger partial charge in [-0.15, -0.1) is 0 Å². The number of hydrogen-bond acceptors (Lipinski definition) is 0. The van der Waals surface area contributed by atoms with Crippen LogP contribution < -0.4 is 0 Å². The minimum Gasteiger partial charge on any atom is -0.196 e. The smallest absolute Gasteiger partial charge is 0.196 e. The third-order valence-electron chi connectivity index (χ3n) is 2.25. The molecule has 0 aromatic carbocycles. The molecule has 0 fully saturated rings. The Hall–Kier alpha value is -0.610. The number of allylic oxidation sites excluding steroid dienone is 2. The highest BCUT2D eigenvalue weighted by Crippen LogP contribution is 2.58. The Balaban J connectivity index is 2.55. The van der Waals surface area contributed by atoms with E-state index in [0.717, 1.165) is 6.42 Å². The fourth-order valence-electron chi connectivity index (χ4n) is 1.46. The molecule has 0 saturated heterocycles. The van der Waals surface area contributed by atoms with Crippen LogP contribution in [0.3, 0.4) is 0 Å². The van der Waals surface area contributed by atoms with Crippen LogP contribution in [0.5, 0.6) is 0 Å². The van der Waals surface area contributed by atoms with Gasteiger partial charge in [0.25, 0.3) is 0 Å². The Kier molecular flexibility index (Phi) is 2.88. The first-order valence-corrected chi connectivity index (χ1v) is 4.51. The lowest BCUT2D eigenvalue weighted by Crippen LogP contribution is -2.12. The highest BCUT2D eigenvalue weighted by molar-refractivity contribution is 5.51. The van der Waals surface area contributed by atoms with Gasteiger partial charge in [0.05, 0.1) is 0 Å². The van der Waals surface area contributed by atoms with Crippen LogP contribution in [-0.2, 0) is 0 Å². The molecule has 1 aliphatic rings. The number of rotatable bonds is 4. The van der Waals surface area contributed by atoms with Gasteiger partial charge in [0.15, 0.2) is 0 Å². The molecule has 0 atom stereocenters. The molecule has 0 bridgehead atoms. The molecule has 0 heterocycles. The molecule has 0 nitrogen and oxygen atoms in total. The first-order valence-electron chi connectivity index (χ1n) is 4.51. The van der Waals surface area contributed by atoms with Crippen molar-refractivity contribution in [1.29, 1.82) is 0 Å². The number of alkyl halides is 5. The summed E-state index contributed by atoms with van der Waals surface area (Å²) in [6.45, 7) is 1.87. The second-order valence-electron chi connectivity index (χ2n) is 3.38. The SMILES string of the molecule is CCCCCC1=C(C(F)(F)F)C1(F)F. The molecule has 0 radical (unpaired) electrons. The van der Waals surface area contributed by atoms with Crippen LogP contribution >= 0.6 is 0 Å². The lowest BCUT2D eigenvalue weighted by molar-refractivity contribution is -0.102. The predicted molar refractivity (Wildman–Crippen MR) is 42.2 cm³/mol. The van der Waals surface area contributed by atoms with E-state index in [1.54, 1.807) is 0 Å². The van der Waals surface area contributed by atoms with Gasteiger partial charge >= 0.3 is 12.1 Å². The molecule has 5 heteroatoms. The molecule has 0 aliphatic heterocycles. The van der Waals surface area contributed by atoms with Gasteiger partial charge in [0.2, 0.25) is 0 Å². The summed E-state index contributed by atoms with van der Waals surface area (Å²) in [5, 5.41) is 0. The van der Waals surface area contributed by atoms with Crippen molar-refractivity contribution < 1.29 is 22.0 Å². The molecular formula is C9H11F5. The number of halogens is 5. The van der Waals surface area contributed by atoms with E-state index in [9.17, 15) is 22.0 Å². The Morgan fingerprint density at radius 2 is 1.71 bits per heavy atom. The maximum atomic E-state index is 12.6. The van der Waals surface area contributed by atoms with E-state index in [2.05, 4.69) is 0 Å². The Morgan fingerprint density at radius 1 is 1.14 bits per heavy atom. The van der Waals surface area contributed by atoms with Crippen molar-refractivity contribution in [3.8, 4) is 0 Å². The molecule has 82 valence electrons. The summed E-state index contributed by atoms with van der Waals surface area (Å²) in [5.74, 6) is -3.67. The maximum absolute atomic E-state index is 12.6. The van der Waals surface area contributed by atoms with Gasteiger partial charge in [-0.2, -0.15) is 22.0 Å². The van der Waals surface area contributed by atoms with E-state index < -0.39 is 23.2 Å². The third-order valence-corrected chi connectivity index (χ3v) is 2.25. The zero-order valence-electron chi connectivity index (χ0n) is 7.72. The van der Waals surface area contributed by atoms with Crippen molar-refractivity contribution in [3.05, 3.63) is 11.1 Å². The van der Waals surface area contributed by atoms with E-state index in [4.69, 9.17) is 0 Å². The lowest BCUT2D eigenvalue weighted by Gasteiger charge is -2.01. The van der Waals surface area contributed by atoms with Gasteiger partial charge in [0.1, 0.15) is 5.57 Å². The minimum absolute atomic E-state index is 0.129. The Labute approximate surface area is 78.8 Å². The second-order valence-corrected chi connectivity index (χ2v) is 3.38. The maximum Gasteiger partial charge on any atom is 0.418 e. The van der Waals surface area contributed by atoms with Crippen molar-refractivity contribution in [2.75, 3.05) is 0 Å². The van der Waals surface area contributed by atoms with E-state index >= 15 is 0 Å². The molecule has 0 spiro atoms. The third kappa shape index (κ3) is 2.07. The van der Waals surface area contributed by atoms with Crippen LogP contribution in [0.1, 0.15) is 32.6 Å². The summed E-state index contributed by atoms with van der Waals surface area (Å²) < 4.78 is 61.1. The van der Waals surface area contributed by atoms with Crippen LogP contribution in [-0.4, -0.2) is 12.1 Å². The predicted octanol–water partition coefficient (Wildman–Crippen LogP) is 4.07. The van der Waals surface area contributed by atoms with Crippen LogP contribution in [0.2, 0.25) is 0 Å². The molecule has 0 amide bonds. The Bertz CT molecular complexity index is 248. The summed E-state index contributed by atoms with van der Waals surface area (Å²) in [5.41, 5.74) is -2.32. The van der Waals surface area contributed by atoms with E-state index in [1.165, 1.54) is 0 Å². The zero-order valence-corrected chi connectivity index (χ0v) is 7.72. The van der Waals surface area contributed by atoms with E-state index in [-0.39, 0.29) is 6.42 Å². The average Bonchev–Trinajstić information content (AvgIpc) is 2.53. The number of unbranched alkanes of at least 4 members (excludes halogenated alkanes) is 2. The molecule has 1 rings (SSSR count). The summed E-state index contributed by atoms with van der Waals surface area (Å²) >= 11 is 0. The minimum atomic E-state index is -4.86. The zero-order chi connectivity index (χ0) is 11.0. The second kappa shape index (κ2) is 3.51. The molecule has 0 saturated carbocycles. The largest absolute Gasteiger partial charge is 0.418 e. The summed E-state index contributed by atoms with van der Waals surface area (Å²) in [7, 11) is 0. The molecule has 0 unspecified atom stereocenters. The van der Waals surface area contributed by atoms with Crippen LogP contribution in [0.15, 0.2) is 11.1 Å². The highest BCUT2D eigenvalue weighted by Gasteiger charge is 2.66. The fourth-order valence-corrected chi connectivity index (χ4v) is 1.46. The monoisotopic (exact) mass is 214 g/mol. The first-order chi connectivity index (χ1) is 6.31. The van der Waals surface area contributed by atoms with Gasteiger partial charge in [-0.25, -0.2) is 0 Å². The summed E-state index contributed by atoms with van der Waals surface area (Å²) in [6.07, 6.45) is -3.09. The molecule has 0 aromatic rings. The van der Waals surface area contributed by atoms with Crippen molar-refractivity contribution in [3.63, 3.8) is 0 Å². The van der Waals surface area contributed by atoms with Crippen molar-refractivity contribution >= 4 is 0 Å². The van der Waals surface area contributed by atoms with Gasteiger partial charge < -0.3 is 0 Å². The van der Waals surface area contributed by atoms with Gasteiger partial charge in [-0.05, 0) is 12.8 Å². The van der Waals surface area contributed by atoms with Crippen molar-refractivity contribution in [1.82, 2.24) is 0 Å². The van der Waals surface area contributed by atoms with E-state index in [1.807, 2.05) is 6.92 Å². The summed E-state index contributed by atoms with van der Waals surface area (Å²) in [4.78, 5) is 0. The molecule has 0 aromatic heterocycles. The Morgan fingerprint density at radius 3 is 2.07 bits per heavy atom. The van der Waals surface area contributed by atoms with Crippen LogP contribution in [0.4, 0.5) is 22.0 Å². The topological polar surface area (TPSA) is 0 Å². The van der Waals surface area contributed by atoms with Crippen molar-refractivity contribution in [2.45, 2.75) is 44.7 Å². The quantitative estimate of drug-likeness (QED) is 0.376. The van der Waals surface area contributed by atoms with Crippen LogP contribution in [0, 0.1) is 0 Å². The molecule has 1 aliphatic carbocycles. The molecule has 14 heavy (non-hydrogen) atoms. The first kappa shape index (κ1) is 11.5. The summed E-state index contributed by atoms with van der Waals surface area (Å²) in [6, 6.07) is 0. The standard InChI is InChI=1S/C9H11F5/c1-2-3-4-5-6-7(8(6,10)11)9(12,13)14/h2-5H2,1H3. The van der Waals surface area contributed by atoms with Crippen LogP contribution in [0.25, 0.3) is 0 Å². The van der Waals surface area contributed by atoms with Gasteiger partial charge in [-0.1, -0.05) is 19.8 Å². The normalized spacial score (nSPS) is 20.1. The number of hydrogen-bond donors (Lipinski definition) is 0. The van der Waals surface area contributed by atoms with E-state index in [0.29, 0.717) is 12.8 Å². The van der Waals surface area contributed by atoms with Gasteiger partial charge in [-0.3, -0.25) is 0 Å². The van der Waals surface area contributed by atoms with Crippen molar-refractivity contribution in [2.24, 2.45) is 0 Å².